The predicted molar refractivity (Wildman–Crippen MR) is 87.9 cm³/mol. The highest BCUT2D eigenvalue weighted by atomic mass is 16.5. The van der Waals surface area contributed by atoms with Crippen molar-refractivity contribution < 1.29 is 18.7 Å². The molecule has 24 heavy (non-hydrogen) atoms. The predicted octanol–water partition coefficient (Wildman–Crippen LogP) is 3.14. The molecule has 0 bridgehead atoms. The van der Waals surface area contributed by atoms with E-state index in [4.69, 9.17) is 9.15 Å². The van der Waals surface area contributed by atoms with Crippen molar-refractivity contribution in [3.8, 4) is 11.3 Å². The highest BCUT2D eigenvalue weighted by Gasteiger charge is 2.33. The second-order valence-corrected chi connectivity index (χ2v) is 5.36. The molecule has 2 N–H and O–H groups in total. The van der Waals surface area contributed by atoms with Crippen LogP contribution in [0.25, 0.3) is 11.3 Å². The number of carbonyl (C=O) groups is 2. The molecular formula is C18H18N2O4. The second-order valence-electron chi connectivity index (χ2n) is 5.36. The average Bonchev–Trinajstić information content (AvgIpc) is 3.08. The molecule has 2 aromatic rings. The van der Waals surface area contributed by atoms with E-state index in [1.807, 2.05) is 30.3 Å². The topological polar surface area (TPSA) is 80.6 Å². The van der Waals surface area contributed by atoms with Gasteiger partial charge in [0.25, 0.3) is 0 Å². The van der Waals surface area contributed by atoms with Gasteiger partial charge in [-0.05, 0) is 31.5 Å². The zero-order valence-corrected chi connectivity index (χ0v) is 13.5. The number of allylic oxidation sites excluding steroid dienone is 1. The largest absolute Gasteiger partial charge is 0.464 e. The van der Waals surface area contributed by atoms with Crippen LogP contribution in [0.1, 0.15) is 25.5 Å². The van der Waals surface area contributed by atoms with Gasteiger partial charge in [0.15, 0.2) is 0 Å². The number of carbonyl (C=O) groups excluding carboxylic acids is 2. The first-order chi connectivity index (χ1) is 11.6. The number of urea groups is 1. The van der Waals surface area contributed by atoms with Crippen LogP contribution in [0.2, 0.25) is 0 Å². The first-order valence-corrected chi connectivity index (χ1v) is 7.70. The Hall–Kier alpha value is -3.02. The molecule has 1 aliphatic heterocycles. The Morgan fingerprint density at radius 1 is 1.25 bits per heavy atom. The van der Waals surface area contributed by atoms with Gasteiger partial charge in [0.1, 0.15) is 5.76 Å². The molecular weight excluding hydrogens is 308 g/mol. The SMILES string of the molecule is CCOC(=O)C1=C(C)NC(=O)NC1c1ccccc1-c1ccco1. The van der Waals surface area contributed by atoms with E-state index in [2.05, 4.69) is 10.6 Å². The van der Waals surface area contributed by atoms with Gasteiger partial charge in [-0.1, -0.05) is 24.3 Å². The maximum Gasteiger partial charge on any atom is 0.338 e. The van der Waals surface area contributed by atoms with Gasteiger partial charge in [-0.2, -0.15) is 0 Å². The summed E-state index contributed by atoms with van der Waals surface area (Å²) >= 11 is 0. The minimum Gasteiger partial charge on any atom is -0.464 e. The summed E-state index contributed by atoms with van der Waals surface area (Å²) in [6, 6.07) is 10.1. The summed E-state index contributed by atoms with van der Waals surface area (Å²) in [7, 11) is 0. The molecule has 0 saturated heterocycles. The Balaban J connectivity index is 2.11. The van der Waals surface area contributed by atoms with Gasteiger partial charge in [0.05, 0.1) is 24.5 Å². The highest BCUT2D eigenvalue weighted by Crippen LogP contribution is 2.34. The number of ether oxygens (including phenoxy) is 1. The van der Waals surface area contributed by atoms with E-state index in [9.17, 15) is 9.59 Å². The van der Waals surface area contributed by atoms with Gasteiger partial charge in [0, 0.05) is 11.3 Å². The lowest BCUT2D eigenvalue weighted by Gasteiger charge is -2.29. The fraction of sp³-hybridized carbons (Fsp3) is 0.222. The van der Waals surface area contributed by atoms with Crippen molar-refractivity contribution in [2.24, 2.45) is 0 Å². The Morgan fingerprint density at radius 3 is 2.75 bits per heavy atom. The summed E-state index contributed by atoms with van der Waals surface area (Å²) in [6.07, 6.45) is 1.58. The van der Waals surface area contributed by atoms with Gasteiger partial charge >= 0.3 is 12.0 Å². The molecule has 0 saturated carbocycles. The van der Waals surface area contributed by atoms with Crippen LogP contribution < -0.4 is 10.6 Å². The van der Waals surface area contributed by atoms with Crippen molar-refractivity contribution >= 4 is 12.0 Å². The number of hydrogen-bond donors (Lipinski definition) is 2. The molecule has 0 radical (unpaired) electrons. The van der Waals surface area contributed by atoms with E-state index in [0.29, 0.717) is 17.0 Å². The van der Waals surface area contributed by atoms with Crippen LogP contribution in [0, 0.1) is 0 Å². The molecule has 2 amide bonds. The van der Waals surface area contributed by atoms with Crippen LogP contribution in [-0.4, -0.2) is 18.6 Å². The van der Waals surface area contributed by atoms with Crippen LogP contribution in [0.4, 0.5) is 4.79 Å². The van der Waals surface area contributed by atoms with Crippen molar-refractivity contribution in [1.82, 2.24) is 10.6 Å². The molecule has 1 atom stereocenters. The lowest BCUT2D eigenvalue weighted by molar-refractivity contribution is -0.139. The van der Waals surface area contributed by atoms with E-state index >= 15 is 0 Å². The zero-order chi connectivity index (χ0) is 17.1. The first-order valence-electron chi connectivity index (χ1n) is 7.70. The number of benzene rings is 1. The molecule has 1 aromatic carbocycles. The van der Waals surface area contributed by atoms with E-state index < -0.39 is 12.0 Å². The molecule has 124 valence electrons. The molecule has 3 rings (SSSR count). The smallest absolute Gasteiger partial charge is 0.338 e. The van der Waals surface area contributed by atoms with Gasteiger partial charge < -0.3 is 19.8 Å². The van der Waals surface area contributed by atoms with Crippen LogP contribution in [0.15, 0.2) is 58.3 Å². The summed E-state index contributed by atoms with van der Waals surface area (Å²) in [5.74, 6) is 0.209. The Bertz CT molecular complexity index is 793. The standard InChI is InChI=1S/C18H18N2O4/c1-3-23-17(21)15-11(2)19-18(22)20-16(15)13-8-5-4-7-12(13)14-9-6-10-24-14/h4-10,16H,3H2,1-2H3,(H2,19,20,22). The Labute approximate surface area is 139 Å². The molecule has 2 heterocycles. The van der Waals surface area contributed by atoms with Crippen molar-refractivity contribution in [3.63, 3.8) is 0 Å². The number of esters is 1. The third kappa shape index (κ3) is 2.90. The fourth-order valence-electron chi connectivity index (χ4n) is 2.81. The lowest BCUT2D eigenvalue weighted by Crippen LogP contribution is -2.45. The number of amides is 2. The summed E-state index contributed by atoms with van der Waals surface area (Å²) in [6.45, 7) is 3.69. The molecule has 6 nitrogen and oxygen atoms in total. The van der Waals surface area contributed by atoms with Crippen molar-refractivity contribution in [3.05, 3.63) is 59.5 Å². The van der Waals surface area contributed by atoms with Crippen LogP contribution in [0.5, 0.6) is 0 Å². The number of rotatable bonds is 4. The van der Waals surface area contributed by atoms with Crippen molar-refractivity contribution in [2.75, 3.05) is 6.61 Å². The van der Waals surface area contributed by atoms with Crippen molar-refractivity contribution in [1.29, 1.82) is 0 Å². The van der Waals surface area contributed by atoms with Gasteiger partial charge in [-0.15, -0.1) is 0 Å². The molecule has 0 spiro atoms. The Kier molecular flexibility index (Phi) is 4.37. The van der Waals surface area contributed by atoms with E-state index in [-0.39, 0.29) is 12.6 Å². The van der Waals surface area contributed by atoms with Crippen LogP contribution in [0.3, 0.4) is 0 Å². The van der Waals surface area contributed by atoms with E-state index in [1.165, 1.54) is 0 Å². The number of nitrogens with one attached hydrogen (secondary N) is 2. The molecule has 6 heteroatoms. The van der Waals surface area contributed by atoms with E-state index in [0.717, 1.165) is 11.1 Å². The van der Waals surface area contributed by atoms with Crippen molar-refractivity contribution in [2.45, 2.75) is 19.9 Å². The fourth-order valence-corrected chi connectivity index (χ4v) is 2.81. The van der Waals surface area contributed by atoms with Crippen LogP contribution in [-0.2, 0) is 9.53 Å². The second kappa shape index (κ2) is 6.62. The van der Waals surface area contributed by atoms with Gasteiger partial charge in [-0.25, -0.2) is 9.59 Å². The first kappa shape index (κ1) is 15.9. The van der Waals surface area contributed by atoms with Gasteiger partial charge in [0.2, 0.25) is 0 Å². The minimum absolute atomic E-state index is 0.260. The molecule has 1 aliphatic rings. The third-order valence-corrected chi connectivity index (χ3v) is 3.82. The monoisotopic (exact) mass is 326 g/mol. The van der Waals surface area contributed by atoms with Gasteiger partial charge in [-0.3, -0.25) is 0 Å². The Morgan fingerprint density at radius 2 is 2.04 bits per heavy atom. The molecule has 0 fully saturated rings. The average molecular weight is 326 g/mol. The minimum atomic E-state index is -0.612. The molecule has 0 aliphatic carbocycles. The summed E-state index contributed by atoms with van der Waals surface area (Å²) < 4.78 is 10.6. The quantitative estimate of drug-likeness (QED) is 0.846. The normalized spacial score (nSPS) is 17.2. The van der Waals surface area contributed by atoms with E-state index in [1.54, 1.807) is 26.2 Å². The molecule has 1 aromatic heterocycles. The summed E-state index contributed by atoms with van der Waals surface area (Å²) in [5.41, 5.74) is 2.45. The third-order valence-electron chi connectivity index (χ3n) is 3.82. The maximum absolute atomic E-state index is 12.4. The summed E-state index contributed by atoms with van der Waals surface area (Å²) in [4.78, 5) is 24.4. The number of furan rings is 1. The zero-order valence-electron chi connectivity index (χ0n) is 13.5. The highest BCUT2D eigenvalue weighted by molar-refractivity contribution is 5.95. The number of hydrogen-bond acceptors (Lipinski definition) is 4. The lowest BCUT2D eigenvalue weighted by atomic mass is 9.91. The summed E-state index contributed by atoms with van der Waals surface area (Å²) in [5, 5.41) is 5.43. The maximum atomic E-state index is 12.4. The van der Waals surface area contributed by atoms with Crippen LogP contribution >= 0.6 is 0 Å². The molecule has 1 unspecified atom stereocenters.